The molecule has 1 aliphatic heterocycles. The standard InChI is InChI=1S/C14H26N4O9/c1-5(12(16)24)18-8(20)2-17-13(25)6(15)4-26-14-11(23)10(22)9(21)7(3-19)27-14/h5-7,9-11,14,19,21-23H,2-4,15H2,1H3,(H2,16,24)(H,17,25)(H,18,20)/t5-,6-,7+,9+,10-,11+,14+/m0/s1. The van der Waals surface area contributed by atoms with Crippen molar-refractivity contribution >= 4 is 17.7 Å². The molecule has 27 heavy (non-hydrogen) atoms. The highest BCUT2D eigenvalue weighted by Gasteiger charge is 2.44. The number of aliphatic hydroxyl groups excluding tert-OH is 4. The fraction of sp³-hybridized carbons (Fsp3) is 0.786. The molecular weight excluding hydrogens is 368 g/mol. The Kier molecular flexibility index (Phi) is 8.98. The minimum atomic E-state index is -1.63. The number of hydrogen-bond acceptors (Lipinski definition) is 10. The van der Waals surface area contributed by atoms with E-state index in [1.54, 1.807) is 0 Å². The molecule has 0 aromatic carbocycles. The zero-order chi connectivity index (χ0) is 20.7. The SMILES string of the molecule is C[C@H](NC(=O)CNC(=O)[C@@H](N)CO[C@@H]1O[C@H](CO)[C@@H](O)[C@H](O)[C@H]1O)C(N)=O. The average molecular weight is 394 g/mol. The number of aliphatic hydroxyl groups is 4. The molecule has 10 N–H and O–H groups in total. The number of carbonyl (C=O) groups is 3. The van der Waals surface area contributed by atoms with Crippen LogP contribution in [-0.4, -0.2) is 101 Å². The van der Waals surface area contributed by atoms with E-state index >= 15 is 0 Å². The molecule has 0 spiro atoms. The first-order valence-corrected chi connectivity index (χ1v) is 8.12. The molecule has 0 radical (unpaired) electrons. The van der Waals surface area contributed by atoms with Crippen LogP contribution < -0.4 is 22.1 Å². The number of primary amides is 1. The number of nitrogens with two attached hydrogens (primary N) is 2. The van der Waals surface area contributed by atoms with Crippen molar-refractivity contribution in [1.82, 2.24) is 10.6 Å². The predicted octanol–water partition coefficient (Wildman–Crippen LogP) is -5.76. The summed E-state index contributed by atoms with van der Waals surface area (Å²) in [6.45, 7) is -0.156. The number of amides is 3. The molecule has 13 nitrogen and oxygen atoms in total. The summed E-state index contributed by atoms with van der Waals surface area (Å²) in [5, 5.41) is 42.7. The van der Waals surface area contributed by atoms with Crippen molar-refractivity contribution in [3.8, 4) is 0 Å². The second-order valence-corrected chi connectivity index (χ2v) is 6.05. The van der Waals surface area contributed by atoms with Crippen LogP contribution in [-0.2, 0) is 23.9 Å². The largest absolute Gasteiger partial charge is 0.394 e. The summed E-state index contributed by atoms with van der Waals surface area (Å²) in [6, 6.07) is -2.16. The third-order valence-corrected chi connectivity index (χ3v) is 3.85. The Hall–Kier alpha value is -1.87. The van der Waals surface area contributed by atoms with Crippen molar-refractivity contribution in [2.75, 3.05) is 19.8 Å². The lowest BCUT2D eigenvalue weighted by molar-refractivity contribution is -0.301. The van der Waals surface area contributed by atoms with Crippen LogP contribution in [0.15, 0.2) is 0 Å². The van der Waals surface area contributed by atoms with Gasteiger partial charge in [0.2, 0.25) is 17.7 Å². The van der Waals surface area contributed by atoms with Crippen LogP contribution in [0.3, 0.4) is 0 Å². The number of carbonyl (C=O) groups excluding carboxylic acids is 3. The van der Waals surface area contributed by atoms with Crippen molar-refractivity contribution < 1.29 is 44.3 Å². The van der Waals surface area contributed by atoms with Gasteiger partial charge in [0.1, 0.15) is 36.5 Å². The van der Waals surface area contributed by atoms with Gasteiger partial charge in [0.15, 0.2) is 6.29 Å². The maximum absolute atomic E-state index is 11.8. The molecule has 0 unspecified atom stereocenters. The summed E-state index contributed by atoms with van der Waals surface area (Å²) in [7, 11) is 0. The summed E-state index contributed by atoms with van der Waals surface area (Å²) in [6.07, 6.45) is -7.38. The van der Waals surface area contributed by atoms with E-state index in [-0.39, 0.29) is 0 Å². The topological polar surface area (TPSA) is 227 Å². The Morgan fingerprint density at radius 1 is 1.19 bits per heavy atom. The lowest BCUT2D eigenvalue weighted by Gasteiger charge is -2.39. The predicted molar refractivity (Wildman–Crippen MR) is 87.5 cm³/mol. The third-order valence-electron chi connectivity index (χ3n) is 3.85. The fourth-order valence-electron chi connectivity index (χ4n) is 2.14. The molecule has 13 heteroatoms. The molecule has 3 amide bonds. The number of hydrogen-bond donors (Lipinski definition) is 8. The molecule has 1 aliphatic rings. The summed E-state index contributed by atoms with van der Waals surface area (Å²) < 4.78 is 10.2. The molecule has 7 atom stereocenters. The van der Waals surface area contributed by atoms with Crippen molar-refractivity contribution in [2.45, 2.75) is 49.7 Å². The number of rotatable bonds is 9. The van der Waals surface area contributed by atoms with Crippen LogP contribution in [0.2, 0.25) is 0 Å². The maximum atomic E-state index is 11.8. The highest BCUT2D eigenvalue weighted by molar-refractivity contribution is 5.90. The van der Waals surface area contributed by atoms with Crippen molar-refractivity contribution in [3.05, 3.63) is 0 Å². The molecule has 0 saturated carbocycles. The summed E-state index contributed by atoms with van der Waals surface area (Å²) >= 11 is 0. The van der Waals surface area contributed by atoms with Gasteiger partial charge in [-0.25, -0.2) is 0 Å². The third kappa shape index (κ3) is 6.66. The summed E-state index contributed by atoms with van der Waals surface area (Å²) in [5.41, 5.74) is 10.6. The smallest absolute Gasteiger partial charge is 0.240 e. The zero-order valence-electron chi connectivity index (χ0n) is 14.6. The molecule has 0 aromatic rings. The van der Waals surface area contributed by atoms with Crippen molar-refractivity contribution in [3.63, 3.8) is 0 Å². The van der Waals surface area contributed by atoms with Gasteiger partial charge >= 0.3 is 0 Å². The van der Waals surface area contributed by atoms with Crippen LogP contribution >= 0.6 is 0 Å². The van der Waals surface area contributed by atoms with E-state index in [1.165, 1.54) is 6.92 Å². The highest BCUT2D eigenvalue weighted by Crippen LogP contribution is 2.21. The Labute approximate surface area is 154 Å². The van der Waals surface area contributed by atoms with Gasteiger partial charge in [-0.1, -0.05) is 0 Å². The average Bonchev–Trinajstić information content (AvgIpc) is 2.63. The number of nitrogens with one attached hydrogen (secondary N) is 2. The van der Waals surface area contributed by atoms with E-state index in [9.17, 15) is 29.7 Å². The fourth-order valence-corrected chi connectivity index (χ4v) is 2.14. The normalized spacial score (nSPS) is 30.2. The Balaban J connectivity index is 2.42. The van der Waals surface area contributed by atoms with Crippen molar-refractivity contribution in [2.24, 2.45) is 11.5 Å². The Bertz CT molecular complexity index is 533. The molecule has 1 rings (SSSR count). The molecular formula is C14H26N4O9. The molecule has 1 heterocycles. The van der Waals surface area contributed by atoms with E-state index in [1.807, 2.05) is 0 Å². The first kappa shape index (κ1) is 23.2. The first-order valence-electron chi connectivity index (χ1n) is 8.12. The van der Waals surface area contributed by atoms with Gasteiger partial charge in [0.25, 0.3) is 0 Å². The van der Waals surface area contributed by atoms with E-state index in [4.69, 9.17) is 26.0 Å². The van der Waals surface area contributed by atoms with Crippen LogP contribution in [0.1, 0.15) is 6.92 Å². The van der Waals surface area contributed by atoms with Crippen LogP contribution in [0.5, 0.6) is 0 Å². The molecule has 1 fully saturated rings. The van der Waals surface area contributed by atoms with Crippen molar-refractivity contribution in [1.29, 1.82) is 0 Å². The minimum Gasteiger partial charge on any atom is -0.394 e. The van der Waals surface area contributed by atoms with Crippen LogP contribution in [0.25, 0.3) is 0 Å². The lowest BCUT2D eigenvalue weighted by atomic mass is 9.99. The maximum Gasteiger partial charge on any atom is 0.240 e. The number of ether oxygens (including phenoxy) is 2. The van der Waals surface area contributed by atoms with Gasteiger partial charge in [-0.3, -0.25) is 14.4 Å². The van der Waals surface area contributed by atoms with Gasteiger partial charge < -0.3 is 52.0 Å². The second-order valence-electron chi connectivity index (χ2n) is 6.05. The van der Waals surface area contributed by atoms with Gasteiger partial charge in [0, 0.05) is 0 Å². The molecule has 0 aromatic heterocycles. The monoisotopic (exact) mass is 394 g/mol. The minimum absolute atomic E-state index is 0.451. The van der Waals surface area contributed by atoms with Gasteiger partial charge in [-0.15, -0.1) is 0 Å². The van der Waals surface area contributed by atoms with E-state index in [0.29, 0.717) is 0 Å². The van der Waals surface area contributed by atoms with Gasteiger partial charge in [0.05, 0.1) is 19.8 Å². The first-order chi connectivity index (χ1) is 12.6. The highest BCUT2D eigenvalue weighted by atomic mass is 16.7. The molecule has 0 aliphatic carbocycles. The molecule has 1 saturated heterocycles. The van der Waals surface area contributed by atoms with E-state index < -0.39 is 80.3 Å². The van der Waals surface area contributed by atoms with E-state index in [0.717, 1.165) is 0 Å². The van der Waals surface area contributed by atoms with Crippen LogP contribution in [0, 0.1) is 0 Å². The summed E-state index contributed by atoms with van der Waals surface area (Å²) in [4.78, 5) is 34.2. The van der Waals surface area contributed by atoms with E-state index in [2.05, 4.69) is 10.6 Å². The summed E-state index contributed by atoms with van der Waals surface area (Å²) in [5.74, 6) is -2.16. The lowest BCUT2D eigenvalue weighted by Crippen LogP contribution is -2.59. The second kappa shape index (κ2) is 10.5. The Morgan fingerprint density at radius 2 is 1.81 bits per heavy atom. The van der Waals surface area contributed by atoms with Gasteiger partial charge in [-0.2, -0.15) is 0 Å². The molecule has 0 bridgehead atoms. The quantitative estimate of drug-likeness (QED) is 0.185. The van der Waals surface area contributed by atoms with Gasteiger partial charge in [-0.05, 0) is 6.92 Å². The molecule has 156 valence electrons. The van der Waals surface area contributed by atoms with Crippen LogP contribution in [0.4, 0.5) is 0 Å². The zero-order valence-corrected chi connectivity index (χ0v) is 14.6. The Morgan fingerprint density at radius 3 is 2.37 bits per heavy atom.